The van der Waals surface area contributed by atoms with Crippen molar-refractivity contribution in [3.63, 3.8) is 0 Å². The number of carbonyl (C=O) groups is 1. The van der Waals surface area contributed by atoms with E-state index in [4.69, 9.17) is 5.11 Å². The van der Waals surface area contributed by atoms with Gasteiger partial charge in [-0.05, 0) is 0 Å². The molecule has 0 spiro atoms. The second-order valence-electron chi connectivity index (χ2n) is 3.59. The summed E-state index contributed by atoms with van der Waals surface area (Å²) in [4.78, 5) is 15.3. The molecule has 1 aromatic heterocycles. The van der Waals surface area contributed by atoms with Crippen LogP contribution in [0.2, 0.25) is 5.71 Å². The Bertz CT molecular complexity index is 528. The van der Waals surface area contributed by atoms with Crippen molar-refractivity contribution in [2.75, 3.05) is 0 Å². The van der Waals surface area contributed by atoms with Gasteiger partial charge in [-0.1, -0.05) is 0 Å². The fourth-order valence-corrected chi connectivity index (χ4v) is 5.14. The first-order valence-corrected chi connectivity index (χ1v) is 8.91. The Kier molecular flexibility index (Phi) is 3.60. The van der Waals surface area contributed by atoms with Crippen LogP contribution in [0.4, 0.5) is 0 Å². The number of hydrogen-bond donors (Lipinski definition) is 1. The molecule has 4 heteroatoms. The van der Waals surface area contributed by atoms with E-state index in [0.29, 0.717) is 5.56 Å². The van der Waals surface area contributed by atoms with E-state index in [1.807, 2.05) is 30.5 Å². The van der Waals surface area contributed by atoms with Crippen LogP contribution >= 0.6 is 0 Å². The van der Waals surface area contributed by atoms with E-state index in [2.05, 4.69) is 10.7 Å². The number of benzene rings is 1. The second kappa shape index (κ2) is 5.15. The average Bonchev–Trinajstić information content (AvgIpc) is 2.39. The average molecular weight is 289 g/mol. The van der Waals surface area contributed by atoms with Crippen LogP contribution in [0.5, 0.6) is 0 Å². The molecule has 0 amide bonds. The van der Waals surface area contributed by atoms with Crippen LogP contribution in [-0.2, 0) is 0 Å². The number of rotatable bonds is 3. The quantitative estimate of drug-likeness (QED) is 0.858. The first kappa shape index (κ1) is 11.9. The van der Waals surface area contributed by atoms with E-state index >= 15 is 0 Å². The molecule has 2 aromatic rings. The maximum absolute atomic E-state index is 11.2. The molecular weight excluding hydrogens is 277 g/mol. The van der Waals surface area contributed by atoms with Crippen LogP contribution in [0.25, 0.3) is 0 Å². The van der Waals surface area contributed by atoms with Gasteiger partial charge >= 0.3 is 104 Å². The molecule has 1 heterocycles. The molecule has 0 bridgehead atoms. The van der Waals surface area contributed by atoms with Gasteiger partial charge < -0.3 is 0 Å². The second-order valence-corrected chi connectivity index (χ2v) is 8.03. The summed E-state index contributed by atoms with van der Waals surface area (Å²) in [7, 11) is 0. The first-order valence-electron chi connectivity index (χ1n) is 5.16. The summed E-state index contributed by atoms with van der Waals surface area (Å²) in [5.74, 6) is -0.856. The van der Waals surface area contributed by atoms with E-state index in [-0.39, 0.29) is 0 Å². The molecule has 17 heavy (non-hydrogen) atoms. The Morgan fingerprint density at radius 1 is 1.24 bits per heavy atom. The monoisotopic (exact) mass is 289 g/mol. The van der Waals surface area contributed by atoms with Crippen LogP contribution in [-0.4, -0.2) is 30.7 Å². The molecule has 1 atom stereocenters. The summed E-state index contributed by atoms with van der Waals surface area (Å²) in [6.07, 6.45) is 3.56. The summed E-state index contributed by atoms with van der Waals surface area (Å²) < 4.78 is 2.12. The van der Waals surface area contributed by atoms with Gasteiger partial charge in [0, 0.05) is 0 Å². The molecule has 86 valence electrons. The van der Waals surface area contributed by atoms with Crippen molar-refractivity contribution in [1.29, 1.82) is 0 Å². The van der Waals surface area contributed by atoms with Crippen LogP contribution in [0, 0.1) is 0 Å². The maximum atomic E-state index is 11.2. The number of nitrogens with zero attached hydrogens (tertiary/aromatic N) is 1. The molecule has 3 nitrogen and oxygen atoms in total. The standard InChI is InChI=1S/C13H12AsNO2/c1-14(10-5-4-8-15-9-10)12-7-3-2-6-11(12)13(16)17/h2-9H,1H3,(H,16,17). The number of aromatic nitrogens is 1. The summed E-state index contributed by atoms with van der Waals surface area (Å²) in [5.41, 5.74) is 2.55. The molecule has 0 saturated heterocycles. The van der Waals surface area contributed by atoms with Gasteiger partial charge in [-0.3, -0.25) is 0 Å². The Labute approximate surface area is 104 Å². The number of aromatic carboxylic acids is 1. The number of hydrogen-bond acceptors (Lipinski definition) is 2. The number of carboxylic acids is 1. The Morgan fingerprint density at radius 2 is 2.00 bits per heavy atom. The van der Waals surface area contributed by atoms with Gasteiger partial charge in [0.2, 0.25) is 0 Å². The van der Waals surface area contributed by atoms with Crippen LogP contribution in [0.1, 0.15) is 10.4 Å². The van der Waals surface area contributed by atoms with Crippen molar-refractivity contribution < 1.29 is 9.90 Å². The zero-order valence-electron chi connectivity index (χ0n) is 9.37. The Balaban J connectivity index is 2.44. The molecule has 0 aliphatic rings. The molecule has 0 aliphatic carbocycles. The van der Waals surface area contributed by atoms with Crippen LogP contribution in [0.15, 0.2) is 48.8 Å². The van der Waals surface area contributed by atoms with Crippen molar-refractivity contribution in [3.05, 3.63) is 54.4 Å². The normalized spacial score (nSPS) is 12.1. The van der Waals surface area contributed by atoms with Gasteiger partial charge in [-0.25, -0.2) is 0 Å². The fraction of sp³-hybridized carbons (Fsp3) is 0.0769. The number of carboxylic acid groups (broad SMARTS) is 1. The molecular formula is C13H12AsNO2. The zero-order chi connectivity index (χ0) is 12.3. The molecule has 0 fully saturated rings. The molecule has 0 radical (unpaired) electrons. The molecule has 0 aliphatic heterocycles. The molecule has 2 rings (SSSR count). The molecule has 1 unspecified atom stereocenters. The van der Waals surface area contributed by atoms with Crippen molar-refractivity contribution in [2.45, 2.75) is 5.71 Å². The van der Waals surface area contributed by atoms with Gasteiger partial charge in [-0.2, -0.15) is 0 Å². The zero-order valence-corrected chi connectivity index (χ0v) is 11.2. The topological polar surface area (TPSA) is 50.2 Å². The summed E-state index contributed by atoms with van der Waals surface area (Å²) in [6.45, 7) is 0. The van der Waals surface area contributed by atoms with Gasteiger partial charge in [-0.15, -0.1) is 0 Å². The van der Waals surface area contributed by atoms with Gasteiger partial charge in [0.15, 0.2) is 0 Å². The molecule has 1 aromatic carbocycles. The number of pyridine rings is 1. The van der Waals surface area contributed by atoms with Crippen molar-refractivity contribution in [1.82, 2.24) is 4.98 Å². The van der Waals surface area contributed by atoms with E-state index in [9.17, 15) is 4.79 Å². The third kappa shape index (κ3) is 2.56. The van der Waals surface area contributed by atoms with Gasteiger partial charge in [0.05, 0.1) is 0 Å². The van der Waals surface area contributed by atoms with E-state index in [1.54, 1.807) is 18.3 Å². The minimum absolute atomic E-state index is 0.416. The molecule has 1 N–H and O–H groups in total. The first-order chi connectivity index (χ1) is 8.20. The Hall–Kier alpha value is -1.60. The summed E-state index contributed by atoms with van der Waals surface area (Å²) >= 11 is -1.53. The van der Waals surface area contributed by atoms with E-state index in [0.717, 1.165) is 8.70 Å². The SMILES string of the molecule is C[As](c1cccnc1)c1ccccc1C(=O)O. The van der Waals surface area contributed by atoms with Crippen molar-refractivity contribution in [2.24, 2.45) is 0 Å². The van der Waals surface area contributed by atoms with Crippen molar-refractivity contribution in [3.8, 4) is 0 Å². The van der Waals surface area contributed by atoms with Crippen LogP contribution < -0.4 is 8.70 Å². The third-order valence-electron chi connectivity index (χ3n) is 2.53. The Morgan fingerprint density at radius 3 is 2.65 bits per heavy atom. The van der Waals surface area contributed by atoms with Gasteiger partial charge in [0.25, 0.3) is 0 Å². The summed E-state index contributed by atoms with van der Waals surface area (Å²) in [5, 5.41) is 9.17. The predicted octanol–water partition coefficient (Wildman–Crippen LogP) is 1.02. The minimum atomic E-state index is -1.53. The van der Waals surface area contributed by atoms with E-state index in [1.165, 1.54) is 0 Å². The summed E-state index contributed by atoms with van der Waals surface area (Å²) in [6, 6.07) is 11.1. The predicted molar refractivity (Wildman–Crippen MR) is 68.5 cm³/mol. The van der Waals surface area contributed by atoms with E-state index < -0.39 is 20.6 Å². The van der Waals surface area contributed by atoms with Crippen LogP contribution in [0.3, 0.4) is 0 Å². The molecule has 0 saturated carbocycles. The van der Waals surface area contributed by atoms with Gasteiger partial charge in [0.1, 0.15) is 0 Å². The third-order valence-corrected chi connectivity index (χ3v) is 7.04. The van der Waals surface area contributed by atoms with Crippen molar-refractivity contribution >= 4 is 29.3 Å². The fourth-order valence-electron chi connectivity index (χ4n) is 1.64.